The Labute approximate surface area is 142 Å². The Balaban J connectivity index is 4.14. The molecule has 0 radical (unpaired) electrons. The van der Waals surface area contributed by atoms with E-state index < -0.39 is 37.0 Å². The molecule has 0 spiro atoms. The Hall–Kier alpha value is -1.14. The van der Waals surface area contributed by atoms with Crippen molar-refractivity contribution in [3.8, 4) is 0 Å². The van der Waals surface area contributed by atoms with Crippen LogP contribution in [0.25, 0.3) is 0 Å². The van der Waals surface area contributed by atoms with Crippen molar-refractivity contribution in [2.45, 2.75) is 66.1 Å². The average molecular weight is 369 g/mol. The number of esters is 1. The molecule has 0 bridgehead atoms. The fourth-order valence-corrected chi connectivity index (χ4v) is 3.15. The lowest BCUT2D eigenvalue weighted by molar-refractivity contribution is -0.174. The third kappa shape index (κ3) is 9.23. The third-order valence-corrected chi connectivity index (χ3v) is 5.17. The highest BCUT2D eigenvalue weighted by molar-refractivity contribution is 7.58. The lowest BCUT2D eigenvalue weighted by Crippen LogP contribution is -2.34. The summed E-state index contributed by atoms with van der Waals surface area (Å²) in [4.78, 5) is 32.7. The van der Waals surface area contributed by atoms with Crippen LogP contribution in [0.3, 0.4) is 0 Å². The highest BCUT2D eigenvalue weighted by atomic mass is 31.2. The number of carbonyl (C=O) groups excluding carboxylic acids is 2. The number of alkyl halides is 1. The minimum Gasteiger partial charge on any atom is -0.425 e. The van der Waals surface area contributed by atoms with Crippen LogP contribution in [0.2, 0.25) is 0 Å². The van der Waals surface area contributed by atoms with Crippen LogP contribution in [-0.2, 0) is 18.8 Å². The summed E-state index contributed by atoms with van der Waals surface area (Å²) >= 11 is 0. The van der Waals surface area contributed by atoms with Crippen molar-refractivity contribution in [2.24, 2.45) is 5.41 Å². The molecule has 142 valence electrons. The molecule has 7 nitrogen and oxygen atoms in total. The molecule has 2 N–H and O–H groups in total. The quantitative estimate of drug-likeness (QED) is 0.367. The van der Waals surface area contributed by atoms with E-state index in [1.54, 1.807) is 20.8 Å². The molecule has 0 fully saturated rings. The summed E-state index contributed by atoms with van der Waals surface area (Å²) in [7, 11) is -3.85. The van der Waals surface area contributed by atoms with E-state index in [9.17, 15) is 23.4 Å². The minimum atomic E-state index is -3.85. The number of alkyl carbamates (subject to hydrolysis) is 1. The first-order valence-electron chi connectivity index (χ1n) is 8.01. The van der Waals surface area contributed by atoms with Crippen molar-refractivity contribution in [3.63, 3.8) is 0 Å². The first-order chi connectivity index (χ1) is 10.9. The van der Waals surface area contributed by atoms with E-state index in [1.807, 2.05) is 6.92 Å². The van der Waals surface area contributed by atoms with Gasteiger partial charge in [0.1, 0.15) is 0 Å². The summed E-state index contributed by atoms with van der Waals surface area (Å²) < 4.78 is 35.2. The highest BCUT2D eigenvalue weighted by Crippen LogP contribution is 2.49. The van der Waals surface area contributed by atoms with Gasteiger partial charge in [0.05, 0.1) is 5.41 Å². The van der Waals surface area contributed by atoms with Gasteiger partial charge in [-0.15, -0.1) is 0 Å². The number of halogens is 1. The van der Waals surface area contributed by atoms with E-state index in [-0.39, 0.29) is 19.1 Å². The number of unbranched alkanes of at least 4 members (excludes halogenated alkanes) is 1. The Kier molecular flexibility index (Phi) is 9.51. The van der Waals surface area contributed by atoms with Crippen LogP contribution < -0.4 is 5.32 Å². The molecule has 0 heterocycles. The molecule has 0 aliphatic carbocycles. The number of hydrogen-bond donors (Lipinski definition) is 2. The summed E-state index contributed by atoms with van der Waals surface area (Å²) in [5.74, 6) is -2.41. The summed E-state index contributed by atoms with van der Waals surface area (Å²) in [5, 5.41) is 2.26. The Morgan fingerprint density at radius 2 is 1.88 bits per heavy atom. The van der Waals surface area contributed by atoms with Crippen molar-refractivity contribution in [3.05, 3.63) is 0 Å². The van der Waals surface area contributed by atoms with Crippen LogP contribution in [-0.4, -0.2) is 41.9 Å². The van der Waals surface area contributed by atoms with Gasteiger partial charge in [-0.05, 0) is 27.2 Å². The monoisotopic (exact) mass is 369 g/mol. The van der Waals surface area contributed by atoms with Gasteiger partial charge in [-0.1, -0.05) is 13.3 Å². The van der Waals surface area contributed by atoms with Crippen LogP contribution in [0.15, 0.2) is 0 Å². The molecule has 3 atom stereocenters. The number of hydrogen-bond acceptors (Lipinski definition) is 5. The van der Waals surface area contributed by atoms with Crippen molar-refractivity contribution >= 4 is 19.4 Å². The van der Waals surface area contributed by atoms with Crippen LogP contribution in [0.5, 0.6) is 0 Å². The van der Waals surface area contributed by atoms with Gasteiger partial charge in [-0.2, -0.15) is 0 Å². The van der Waals surface area contributed by atoms with Gasteiger partial charge in [0.15, 0.2) is 5.91 Å². The molecule has 0 aliphatic rings. The molecule has 0 saturated heterocycles. The maximum atomic E-state index is 13.7. The maximum Gasteiger partial charge on any atom is 0.410 e. The molecule has 0 aliphatic heterocycles. The van der Waals surface area contributed by atoms with Crippen LogP contribution in [0.1, 0.15) is 53.9 Å². The second-order valence-electron chi connectivity index (χ2n) is 6.61. The topological polar surface area (TPSA) is 102 Å². The van der Waals surface area contributed by atoms with Gasteiger partial charge in [-0.3, -0.25) is 9.36 Å². The number of amides is 1. The Morgan fingerprint density at radius 3 is 2.38 bits per heavy atom. The molecule has 9 heteroatoms. The SMILES string of the molecule is CCCCP(=O)(O)[C@@H](F)CCNC(=O)O[C@H](C)OC(=O)C(C)(C)C. The van der Waals surface area contributed by atoms with Gasteiger partial charge in [0, 0.05) is 26.1 Å². The zero-order valence-electron chi connectivity index (χ0n) is 15.0. The highest BCUT2D eigenvalue weighted by Gasteiger charge is 2.30. The molecule has 0 saturated carbocycles. The lowest BCUT2D eigenvalue weighted by atomic mass is 9.97. The summed E-state index contributed by atoms with van der Waals surface area (Å²) in [6.45, 7) is 8.06. The Morgan fingerprint density at radius 1 is 1.29 bits per heavy atom. The molecular formula is C15H29FNO6P. The zero-order chi connectivity index (χ0) is 19.0. The molecular weight excluding hydrogens is 340 g/mol. The summed E-state index contributed by atoms with van der Waals surface area (Å²) in [6, 6.07) is 0. The predicted octanol–water partition coefficient (Wildman–Crippen LogP) is 3.40. The van der Waals surface area contributed by atoms with Gasteiger partial charge in [0.25, 0.3) is 0 Å². The minimum absolute atomic E-state index is 0.0745. The standard InChI is InChI=1S/C15H29FNO6P/c1-6-7-10-24(20,21)12(16)8-9-17-14(19)23-11(2)22-13(18)15(3,4)5/h11-12H,6-10H2,1-5H3,(H,17,19)(H,20,21)/t11-,12-/m1/s1. The first-order valence-corrected chi connectivity index (χ1v) is 9.92. The first kappa shape index (κ1) is 22.9. The van der Waals surface area contributed by atoms with Gasteiger partial charge < -0.3 is 19.7 Å². The number of carbonyl (C=O) groups is 2. The fraction of sp³-hybridized carbons (Fsp3) is 0.867. The molecule has 1 amide bonds. The second kappa shape index (κ2) is 9.99. The normalized spacial score (nSPS) is 16.6. The van der Waals surface area contributed by atoms with E-state index in [4.69, 9.17) is 9.47 Å². The van der Waals surface area contributed by atoms with Gasteiger partial charge in [-0.25, -0.2) is 9.18 Å². The van der Waals surface area contributed by atoms with E-state index in [0.29, 0.717) is 12.8 Å². The van der Waals surface area contributed by atoms with Crippen molar-refractivity contribution in [1.29, 1.82) is 0 Å². The van der Waals surface area contributed by atoms with E-state index in [1.165, 1.54) is 6.92 Å². The molecule has 0 aromatic rings. The van der Waals surface area contributed by atoms with Crippen LogP contribution in [0.4, 0.5) is 9.18 Å². The molecule has 0 aromatic heterocycles. The van der Waals surface area contributed by atoms with Crippen molar-refractivity contribution < 1.29 is 32.9 Å². The summed E-state index contributed by atoms with van der Waals surface area (Å²) in [6.07, 6.45) is -1.17. The smallest absolute Gasteiger partial charge is 0.410 e. The molecule has 0 rings (SSSR count). The number of ether oxygens (including phenoxy) is 2. The summed E-state index contributed by atoms with van der Waals surface area (Å²) in [5.41, 5.74) is -0.726. The van der Waals surface area contributed by atoms with Gasteiger partial charge >= 0.3 is 12.1 Å². The molecule has 1 unspecified atom stereocenters. The number of rotatable bonds is 9. The predicted molar refractivity (Wildman–Crippen MR) is 88.6 cm³/mol. The number of nitrogens with one attached hydrogen (secondary N) is 1. The van der Waals surface area contributed by atoms with Crippen molar-refractivity contribution in [1.82, 2.24) is 5.32 Å². The van der Waals surface area contributed by atoms with Gasteiger partial charge in [0.2, 0.25) is 13.7 Å². The zero-order valence-corrected chi connectivity index (χ0v) is 15.9. The Bertz CT molecular complexity index is 465. The molecule has 24 heavy (non-hydrogen) atoms. The van der Waals surface area contributed by atoms with Crippen LogP contribution >= 0.6 is 7.37 Å². The van der Waals surface area contributed by atoms with E-state index in [2.05, 4.69) is 5.32 Å². The fourth-order valence-electron chi connectivity index (χ4n) is 1.56. The molecule has 0 aromatic carbocycles. The van der Waals surface area contributed by atoms with E-state index in [0.717, 1.165) is 0 Å². The van der Waals surface area contributed by atoms with Crippen LogP contribution in [0, 0.1) is 5.41 Å². The largest absolute Gasteiger partial charge is 0.425 e. The van der Waals surface area contributed by atoms with E-state index >= 15 is 0 Å². The maximum absolute atomic E-state index is 13.7. The second-order valence-corrected chi connectivity index (χ2v) is 9.13. The average Bonchev–Trinajstić information content (AvgIpc) is 2.43. The lowest BCUT2D eigenvalue weighted by Gasteiger charge is -2.21. The van der Waals surface area contributed by atoms with Crippen molar-refractivity contribution in [2.75, 3.05) is 12.7 Å². The third-order valence-electron chi connectivity index (χ3n) is 3.08.